The Hall–Kier alpha value is -1.08. The zero-order valence-corrected chi connectivity index (χ0v) is 14.6. The standard InChI is InChI=1S/C15H14BrIN2O/c1-9(10-3-2-4-12(18)7-10)19-15(20)13-8-11(17)5-6-14(13)16/h2-9H,18H2,1H3,(H,19,20). The lowest BCUT2D eigenvalue weighted by Crippen LogP contribution is -2.27. The largest absolute Gasteiger partial charge is 0.399 e. The van der Waals surface area contributed by atoms with Crippen molar-refractivity contribution in [2.24, 2.45) is 0 Å². The highest BCUT2D eigenvalue weighted by molar-refractivity contribution is 14.1. The molecule has 2 aromatic carbocycles. The van der Waals surface area contributed by atoms with Crippen molar-refractivity contribution in [3.05, 3.63) is 61.6 Å². The van der Waals surface area contributed by atoms with Crippen molar-refractivity contribution in [3.63, 3.8) is 0 Å². The van der Waals surface area contributed by atoms with Crippen LogP contribution in [0, 0.1) is 3.57 Å². The molecule has 20 heavy (non-hydrogen) atoms. The maximum absolute atomic E-state index is 12.3. The molecule has 0 fully saturated rings. The first-order chi connectivity index (χ1) is 9.47. The summed E-state index contributed by atoms with van der Waals surface area (Å²) in [7, 11) is 0. The fourth-order valence-corrected chi connectivity index (χ4v) is 2.78. The van der Waals surface area contributed by atoms with Crippen LogP contribution >= 0.6 is 38.5 Å². The second-order valence-electron chi connectivity index (χ2n) is 4.49. The second-order valence-corrected chi connectivity index (χ2v) is 6.59. The number of halogens is 2. The molecule has 0 aliphatic rings. The monoisotopic (exact) mass is 444 g/mol. The molecular weight excluding hydrogens is 431 g/mol. The van der Waals surface area contributed by atoms with Crippen molar-refractivity contribution in [1.82, 2.24) is 5.32 Å². The summed E-state index contributed by atoms with van der Waals surface area (Å²) in [5.41, 5.74) is 8.07. The molecule has 2 aromatic rings. The van der Waals surface area contributed by atoms with Crippen molar-refractivity contribution >= 4 is 50.1 Å². The van der Waals surface area contributed by atoms with Crippen molar-refractivity contribution in [2.75, 3.05) is 5.73 Å². The lowest BCUT2D eigenvalue weighted by molar-refractivity contribution is 0.0939. The van der Waals surface area contributed by atoms with Crippen LogP contribution in [0.25, 0.3) is 0 Å². The summed E-state index contributed by atoms with van der Waals surface area (Å²) in [6, 6.07) is 13.1. The lowest BCUT2D eigenvalue weighted by atomic mass is 10.1. The molecule has 3 nitrogen and oxygen atoms in total. The van der Waals surface area contributed by atoms with Crippen LogP contribution in [-0.2, 0) is 0 Å². The number of carbonyl (C=O) groups excluding carboxylic acids is 1. The Bertz CT molecular complexity index is 646. The molecule has 1 amide bonds. The quantitative estimate of drug-likeness (QED) is 0.552. The van der Waals surface area contributed by atoms with E-state index in [4.69, 9.17) is 5.73 Å². The number of carbonyl (C=O) groups is 1. The highest BCUT2D eigenvalue weighted by atomic mass is 127. The number of nitrogen functional groups attached to an aromatic ring is 1. The fraction of sp³-hybridized carbons (Fsp3) is 0.133. The van der Waals surface area contributed by atoms with Gasteiger partial charge in [-0.2, -0.15) is 0 Å². The molecule has 0 aliphatic carbocycles. The van der Waals surface area contributed by atoms with E-state index in [0.29, 0.717) is 11.3 Å². The number of hydrogen-bond acceptors (Lipinski definition) is 2. The van der Waals surface area contributed by atoms with Gasteiger partial charge in [-0.1, -0.05) is 12.1 Å². The molecule has 3 N–H and O–H groups in total. The zero-order valence-electron chi connectivity index (χ0n) is 10.9. The molecule has 0 radical (unpaired) electrons. The van der Waals surface area contributed by atoms with Gasteiger partial charge in [0.2, 0.25) is 0 Å². The molecule has 0 aliphatic heterocycles. The molecule has 0 heterocycles. The summed E-state index contributed by atoms with van der Waals surface area (Å²) >= 11 is 5.59. The molecule has 104 valence electrons. The normalized spacial score (nSPS) is 11.9. The molecular formula is C15H14BrIN2O. The smallest absolute Gasteiger partial charge is 0.252 e. The number of amides is 1. The predicted molar refractivity (Wildman–Crippen MR) is 93.6 cm³/mol. The zero-order chi connectivity index (χ0) is 14.7. The van der Waals surface area contributed by atoms with Gasteiger partial charge in [-0.25, -0.2) is 0 Å². The first-order valence-electron chi connectivity index (χ1n) is 6.08. The van der Waals surface area contributed by atoms with Gasteiger partial charge in [0.1, 0.15) is 0 Å². The molecule has 1 atom stereocenters. The van der Waals surface area contributed by atoms with E-state index in [1.54, 1.807) is 0 Å². The van der Waals surface area contributed by atoms with Gasteiger partial charge in [0.15, 0.2) is 0 Å². The molecule has 1 unspecified atom stereocenters. The predicted octanol–water partition coefficient (Wildman–Crippen LogP) is 4.13. The molecule has 2 rings (SSSR count). The Morgan fingerprint density at radius 3 is 2.75 bits per heavy atom. The highest BCUT2D eigenvalue weighted by Crippen LogP contribution is 2.21. The number of rotatable bonds is 3. The third kappa shape index (κ3) is 3.73. The van der Waals surface area contributed by atoms with E-state index in [1.807, 2.05) is 49.4 Å². The first kappa shape index (κ1) is 15.3. The average Bonchev–Trinajstić information content (AvgIpc) is 2.41. The van der Waals surface area contributed by atoms with Crippen molar-refractivity contribution in [2.45, 2.75) is 13.0 Å². The number of benzene rings is 2. The Labute approximate surface area is 140 Å². The van der Waals surface area contributed by atoms with Crippen molar-refractivity contribution in [3.8, 4) is 0 Å². The Morgan fingerprint density at radius 2 is 2.05 bits per heavy atom. The van der Waals surface area contributed by atoms with Gasteiger partial charge in [0, 0.05) is 13.7 Å². The lowest BCUT2D eigenvalue weighted by Gasteiger charge is -2.15. The Morgan fingerprint density at radius 1 is 1.30 bits per heavy atom. The average molecular weight is 445 g/mol. The summed E-state index contributed by atoms with van der Waals surface area (Å²) in [4.78, 5) is 12.3. The molecule has 0 saturated heterocycles. The third-order valence-electron chi connectivity index (χ3n) is 2.93. The van der Waals surface area contributed by atoms with Crippen LogP contribution in [0.5, 0.6) is 0 Å². The van der Waals surface area contributed by atoms with E-state index in [2.05, 4.69) is 43.8 Å². The van der Waals surface area contributed by atoms with E-state index in [-0.39, 0.29) is 11.9 Å². The number of nitrogens with one attached hydrogen (secondary N) is 1. The van der Waals surface area contributed by atoms with Crippen molar-refractivity contribution < 1.29 is 4.79 Å². The number of hydrogen-bond donors (Lipinski definition) is 2. The van der Waals surface area contributed by atoms with Crippen LogP contribution in [0.3, 0.4) is 0 Å². The molecule has 0 saturated carbocycles. The van der Waals surface area contributed by atoms with E-state index in [1.165, 1.54) is 0 Å². The minimum absolute atomic E-state index is 0.101. The highest BCUT2D eigenvalue weighted by Gasteiger charge is 2.14. The molecule has 0 bridgehead atoms. The van der Waals surface area contributed by atoms with Crippen LogP contribution in [0.15, 0.2) is 46.9 Å². The van der Waals surface area contributed by atoms with Crippen LogP contribution < -0.4 is 11.1 Å². The second kappa shape index (κ2) is 6.58. The topological polar surface area (TPSA) is 55.1 Å². The Balaban J connectivity index is 2.17. The van der Waals surface area contributed by atoms with Crippen LogP contribution in [0.2, 0.25) is 0 Å². The summed E-state index contributed by atoms with van der Waals surface area (Å²) in [5, 5.41) is 2.98. The third-order valence-corrected chi connectivity index (χ3v) is 4.29. The van der Waals surface area contributed by atoms with Crippen LogP contribution in [0.4, 0.5) is 5.69 Å². The van der Waals surface area contributed by atoms with E-state index >= 15 is 0 Å². The summed E-state index contributed by atoms with van der Waals surface area (Å²) < 4.78 is 1.81. The van der Waals surface area contributed by atoms with E-state index in [9.17, 15) is 4.79 Å². The van der Waals surface area contributed by atoms with Gasteiger partial charge < -0.3 is 11.1 Å². The van der Waals surface area contributed by atoms with Gasteiger partial charge in [0.05, 0.1) is 11.6 Å². The minimum atomic E-state index is -0.106. The summed E-state index contributed by atoms with van der Waals surface area (Å²) in [5.74, 6) is -0.106. The van der Waals surface area contributed by atoms with Gasteiger partial charge in [-0.05, 0) is 81.3 Å². The van der Waals surface area contributed by atoms with Gasteiger partial charge in [-0.15, -0.1) is 0 Å². The van der Waals surface area contributed by atoms with Gasteiger partial charge >= 0.3 is 0 Å². The first-order valence-corrected chi connectivity index (χ1v) is 7.96. The fourth-order valence-electron chi connectivity index (χ4n) is 1.86. The van der Waals surface area contributed by atoms with E-state index < -0.39 is 0 Å². The van der Waals surface area contributed by atoms with E-state index in [0.717, 1.165) is 13.6 Å². The molecule has 0 aromatic heterocycles. The summed E-state index contributed by atoms with van der Waals surface area (Å²) in [6.45, 7) is 1.94. The van der Waals surface area contributed by atoms with Gasteiger partial charge in [0.25, 0.3) is 5.91 Å². The Kier molecular flexibility index (Phi) is 5.04. The number of nitrogens with two attached hydrogens (primary N) is 1. The maximum Gasteiger partial charge on any atom is 0.252 e. The van der Waals surface area contributed by atoms with Crippen LogP contribution in [0.1, 0.15) is 28.9 Å². The van der Waals surface area contributed by atoms with Crippen LogP contribution in [-0.4, -0.2) is 5.91 Å². The summed E-state index contributed by atoms with van der Waals surface area (Å²) in [6.07, 6.45) is 0. The number of anilines is 1. The maximum atomic E-state index is 12.3. The molecule has 0 spiro atoms. The minimum Gasteiger partial charge on any atom is -0.399 e. The SMILES string of the molecule is CC(NC(=O)c1cc(I)ccc1Br)c1cccc(N)c1. The van der Waals surface area contributed by atoms with Crippen molar-refractivity contribution in [1.29, 1.82) is 0 Å². The van der Waals surface area contributed by atoms with Gasteiger partial charge in [-0.3, -0.25) is 4.79 Å². The molecule has 5 heteroatoms.